The lowest BCUT2D eigenvalue weighted by molar-refractivity contribution is 0.390. The number of benzene rings is 1. The van der Waals surface area contributed by atoms with Gasteiger partial charge in [0.2, 0.25) is 0 Å². The highest BCUT2D eigenvalue weighted by Gasteiger charge is 2.12. The van der Waals surface area contributed by atoms with Crippen LogP contribution >= 0.6 is 0 Å². The molecule has 0 aromatic heterocycles. The summed E-state index contributed by atoms with van der Waals surface area (Å²) >= 11 is 0. The van der Waals surface area contributed by atoms with Crippen LogP contribution in [0.2, 0.25) is 0 Å². The molecule has 0 saturated carbocycles. The van der Waals surface area contributed by atoms with E-state index in [1.807, 2.05) is 7.05 Å². The topological polar surface area (TPSA) is 24.1 Å². The van der Waals surface area contributed by atoms with Gasteiger partial charge in [0, 0.05) is 12.2 Å². The van der Waals surface area contributed by atoms with E-state index >= 15 is 0 Å². The molecular formula is C15H26N2. The van der Waals surface area contributed by atoms with Crippen molar-refractivity contribution in [2.75, 3.05) is 25.5 Å². The van der Waals surface area contributed by atoms with E-state index in [-0.39, 0.29) is 0 Å². The fourth-order valence-corrected chi connectivity index (χ4v) is 1.99. The highest BCUT2D eigenvalue weighted by Crippen LogP contribution is 2.19. The van der Waals surface area contributed by atoms with Crippen LogP contribution in [0.1, 0.15) is 25.0 Å². The first-order chi connectivity index (χ1) is 8.06. The lowest BCUT2D eigenvalue weighted by atomic mass is 9.95. The summed E-state index contributed by atoms with van der Waals surface area (Å²) in [6.07, 6.45) is 0. The van der Waals surface area contributed by atoms with Crippen molar-refractivity contribution in [3.63, 3.8) is 0 Å². The Morgan fingerprint density at radius 1 is 1.12 bits per heavy atom. The van der Waals surface area contributed by atoms with E-state index in [1.165, 1.54) is 16.8 Å². The maximum absolute atomic E-state index is 3.58. The van der Waals surface area contributed by atoms with Crippen molar-refractivity contribution >= 4 is 5.69 Å². The molecule has 1 unspecified atom stereocenters. The van der Waals surface area contributed by atoms with Gasteiger partial charge in [-0.2, -0.15) is 0 Å². The third-order valence-electron chi connectivity index (χ3n) is 3.57. The molecule has 1 atom stereocenters. The minimum Gasteiger partial charge on any atom is -0.384 e. The van der Waals surface area contributed by atoms with Crippen LogP contribution in [0.5, 0.6) is 0 Å². The number of aryl methyl sites for hydroxylation is 1. The Bertz CT molecular complexity index is 345. The molecule has 0 bridgehead atoms. The number of anilines is 1. The van der Waals surface area contributed by atoms with E-state index < -0.39 is 0 Å². The van der Waals surface area contributed by atoms with Crippen LogP contribution in [-0.2, 0) is 0 Å². The molecule has 0 aliphatic rings. The van der Waals surface area contributed by atoms with Gasteiger partial charge in [-0.05, 0) is 56.5 Å². The van der Waals surface area contributed by atoms with Gasteiger partial charge in [0.05, 0.1) is 0 Å². The molecule has 2 N–H and O–H groups in total. The molecule has 96 valence electrons. The zero-order valence-corrected chi connectivity index (χ0v) is 11.8. The van der Waals surface area contributed by atoms with Crippen LogP contribution in [0.25, 0.3) is 0 Å². The second-order valence-corrected chi connectivity index (χ2v) is 5.19. The summed E-state index contributed by atoms with van der Waals surface area (Å²) in [5.74, 6) is 1.36. The van der Waals surface area contributed by atoms with Gasteiger partial charge in [0.25, 0.3) is 0 Å². The molecular weight excluding hydrogens is 208 g/mol. The number of rotatable bonds is 6. The molecule has 0 amide bonds. The molecule has 0 saturated heterocycles. The lowest BCUT2D eigenvalue weighted by Crippen LogP contribution is -2.29. The van der Waals surface area contributed by atoms with Crippen LogP contribution in [0.15, 0.2) is 18.2 Å². The highest BCUT2D eigenvalue weighted by atomic mass is 14.9. The van der Waals surface area contributed by atoms with Gasteiger partial charge in [-0.3, -0.25) is 0 Å². The molecule has 2 nitrogen and oxygen atoms in total. The number of hydrogen-bond donors (Lipinski definition) is 2. The zero-order chi connectivity index (χ0) is 12.8. The van der Waals surface area contributed by atoms with E-state index in [0.717, 1.165) is 13.1 Å². The van der Waals surface area contributed by atoms with Crippen LogP contribution in [0.3, 0.4) is 0 Å². The summed E-state index contributed by atoms with van der Waals surface area (Å²) in [5, 5.41) is 6.85. The average molecular weight is 234 g/mol. The van der Waals surface area contributed by atoms with Crippen molar-refractivity contribution in [1.82, 2.24) is 5.32 Å². The lowest BCUT2D eigenvalue weighted by Gasteiger charge is -2.22. The molecule has 0 fully saturated rings. The van der Waals surface area contributed by atoms with Crippen LogP contribution in [0, 0.1) is 25.7 Å². The summed E-state index contributed by atoms with van der Waals surface area (Å²) in [6, 6.07) is 6.44. The van der Waals surface area contributed by atoms with Gasteiger partial charge in [-0.15, -0.1) is 0 Å². The Hall–Kier alpha value is -1.02. The fraction of sp³-hybridized carbons (Fsp3) is 0.600. The van der Waals surface area contributed by atoms with Crippen molar-refractivity contribution in [3.05, 3.63) is 29.3 Å². The van der Waals surface area contributed by atoms with Gasteiger partial charge in [0.1, 0.15) is 0 Å². The summed E-state index contributed by atoms with van der Waals surface area (Å²) in [7, 11) is 2.02. The van der Waals surface area contributed by atoms with E-state index in [2.05, 4.69) is 56.5 Å². The largest absolute Gasteiger partial charge is 0.384 e. The van der Waals surface area contributed by atoms with E-state index in [1.54, 1.807) is 0 Å². The Kier molecular flexibility index (Phi) is 5.49. The second kappa shape index (κ2) is 6.65. The maximum atomic E-state index is 3.58. The zero-order valence-electron chi connectivity index (χ0n) is 11.8. The summed E-state index contributed by atoms with van der Waals surface area (Å²) < 4.78 is 0. The minimum atomic E-state index is 0.667. The van der Waals surface area contributed by atoms with Crippen molar-refractivity contribution < 1.29 is 0 Å². The monoisotopic (exact) mass is 234 g/mol. The van der Waals surface area contributed by atoms with Gasteiger partial charge < -0.3 is 10.6 Å². The number of nitrogens with one attached hydrogen (secondary N) is 2. The average Bonchev–Trinajstić information content (AvgIpc) is 2.29. The molecule has 1 rings (SSSR count). The smallest absolute Gasteiger partial charge is 0.0372 e. The standard InChI is InChI=1S/C15H26N2/c1-11(2)14(9-16-5)10-17-15-8-6-7-12(3)13(15)4/h6-8,11,14,16-17H,9-10H2,1-5H3. The first-order valence-corrected chi connectivity index (χ1v) is 6.51. The van der Waals surface area contributed by atoms with Crippen LogP contribution < -0.4 is 10.6 Å². The molecule has 0 spiro atoms. The first kappa shape index (κ1) is 14.0. The van der Waals surface area contributed by atoms with Gasteiger partial charge in [-0.1, -0.05) is 26.0 Å². The summed E-state index contributed by atoms with van der Waals surface area (Å²) in [6.45, 7) is 11.0. The quantitative estimate of drug-likeness (QED) is 0.790. The normalized spacial score (nSPS) is 12.8. The Balaban J connectivity index is 2.62. The van der Waals surface area contributed by atoms with Crippen molar-refractivity contribution in [1.29, 1.82) is 0 Å². The van der Waals surface area contributed by atoms with E-state index in [0.29, 0.717) is 11.8 Å². The highest BCUT2D eigenvalue weighted by molar-refractivity contribution is 5.53. The van der Waals surface area contributed by atoms with Gasteiger partial charge in [-0.25, -0.2) is 0 Å². The van der Waals surface area contributed by atoms with Crippen LogP contribution in [0.4, 0.5) is 5.69 Å². The summed E-state index contributed by atoms with van der Waals surface area (Å²) in [4.78, 5) is 0. The molecule has 0 aliphatic carbocycles. The third-order valence-corrected chi connectivity index (χ3v) is 3.57. The van der Waals surface area contributed by atoms with Crippen molar-refractivity contribution in [2.24, 2.45) is 11.8 Å². The molecule has 0 heterocycles. The van der Waals surface area contributed by atoms with E-state index in [9.17, 15) is 0 Å². The molecule has 0 aliphatic heterocycles. The predicted octanol–water partition coefficient (Wildman–Crippen LogP) is 3.21. The third kappa shape index (κ3) is 4.04. The van der Waals surface area contributed by atoms with E-state index in [4.69, 9.17) is 0 Å². The molecule has 2 heteroatoms. The van der Waals surface area contributed by atoms with Crippen molar-refractivity contribution in [2.45, 2.75) is 27.7 Å². The van der Waals surface area contributed by atoms with Gasteiger partial charge in [0.15, 0.2) is 0 Å². The maximum Gasteiger partial charge on any atom is 0.0372 e. The summed E-state index contributed by atoms with van der Waals surface area (Å²) in [5.41, 5.74) is 3.98. The first-order valence-electron chi connectivity index (χ1n) is 6.51. The predicted molar refractivity (Wildman–Crippen MR) is 76.7 cm³/mol. The van der Waals surface area contributed by atoms with Crippen LogP contribution in [-0.4, -0.2) is 20.1 Å². The fourth-order valence-electron chi connectivity index (χ4n) is 1.99. The van der Waals surface area contributed by atoms with Crippen molar-refractivity contribution in [3.8, 4) is 0 Å². The SMILES string of the molecule is CNCC(CNc1cccc(C)c1C)C(C)C. The molecule has 1 aromatic rings. The molecule has 17 heavy (non-hydrogen) atoms. The van der Waals surface area contributed by atoms with Gasteiger partial charge >= 0.3 is 0 Å². The Morgan fingerprint density at radius 2 is 1.82 bits per heavy atom. The molecule has 1 aromatic carbocycles. The Labute approximate surface area is 106 Å². The minimum absolute atomic E-state index is 0.667. The molecule has 0 radical (unpaired) electrons. The second-order valence-electron chi connectivity index (χ2n) is 5.19. The number of hydrogen-bond acceptors (Lipinski definition) is 2. The Morgan fingerprint density at radius 3 is 2.41 bits per heavy atom.